The molecule has 1 spiro atoms. The molecule has 1 saturated heterocycles. The average molecular weight is 480 g/mol. The fraction of sp³-hybridized carbons (Fsp3) is 0.258. The Morgan fingerprint density at radius 1 is 0.889 bits per heavy atom. The molecule has 0 bridgehead atoms. The number of benzene rings is 3. The maximum atomic E-state index is 14.4. The highest BCUT2D eigenvalue weighted by molar-refractivity contribution is 6.32. The molecule has 0 saturated carbocycles. The minimum atomic E-state index is -1.51. The molecule has 0 radical (unpaired) electrons. The summed E-state index contributed by atoms with van der Waals surface area (Å²) in [7, 11) is 0. The summed E-state index contributed by atoms with van der Waals surface area (Å²) in [5.41, 5.74) is 0.571. The number of carbonyl (C=O) groups is 3. The van der Waals surface area contributed by atoms with E-state index in [9.17, 15) is 18.8 Å². The highest BCUT2D eigenvalue weighted by atomic mass is 19.1. The van der Waals surface area contributed by atoms with Gasteiger partial charge in [0.2, 0.25) is 0 Å². The van der Waals surface area contributed by atoms with Gasteiger partial charge in [-0.1, -0.05) is 87.5 Å². The quantitative estimate of drug-likeness (QED) is 0.431. The molecule has 0 N–H and O–H groups in total. The van der Waals surface area contributed by atoms with Gasteiger partial charge >= 0.3 is 0 Å². The van der Waals surface area contributed by atoms with Crippen molar-refractivity contribution in [1.29, 1.82) is 0 Å². The molecule has 1 fully saturated rings. The summed E-state index contributed by atoms with van der Waals surface area (Å²) in [5.74, 6) is -1.69. The Labute approximate surface area is 209 Å². The van der Waals surface area contributed by atoms with Crippen LogP contribution in [-0.2, 0) is 4.79 Å². The normalized spacial score (nSPS) is 23.6. The standard InChI is InChI=1S/C31H26FNO3/c1-30(2,3)29(36)26-25(18-9-5-4-6-10-18)31(27(34)21-11-7-8-12-22(21)28(31)35)24-16-13-19-17-20(32)14-15-23(19)33(24)26/h4-17,24-26H,1-3H3/t24?,25-,26+/m0/s1. The smallest absolute Gasteiger partial charge is 0.180 e. The molecule has 1 aliphatic carbocycles. The van der Waals surface area contributed by atoms with Crippen molar-refractivity contribution < 1.29 is 18.8 Å². The lowest BCUT2D eigenvalue weighted by Gasteiger charge is -2.38. The zero-order chi connectivity index (χ0) is 25.4. The molecule has 4 nitrogen and oxygen atoms in total. The summed E-state index contributed by atoms with van der Waals surface area (Å²) in [5, 5.41) is 0. The SMILES string of the molecule is CC(C)(C)C(=O)[C@H]1[C@H](c2ccccc2)C2(C(=O)c3ccccc3C2=O)C2C=Cc3cc(F)ccc3N21. The summed E-state index contributed by atoms with van der Waals surface area (Å²) in [6.07, 6.45) is 3.59. The highest BCUT2D eigenvalue weighted by Gasteiger charge is 2.71. The van der Waals surface area contributed by atoms with Crippen molar-refractivity contribution in [3.8, 4) is 0 Å². The van der Waals surface area contributed by atoms with Gasteiger partial charge < -0.3 is 4.90 Å². The predicted molar refractivity (Wildman–Crippen MR) is 137 cm³/mol. The van der Waals surface area contributed by atoms with Gasteiger partial charge in [-0.05, 0) is 23.8 Å². The lowest BCUT2D eigenvalue weighted by Crippen LogP contribution is -2.49. The van der Waals surface area contributed by atoms with E-state index in [-0.39, 0.29) is 23.2 Å². The van der Waals surface area contributed by atoms with E-state index in [2.05, 4.69) is 0 Å². The third kappa shape index (κ3) is 2.83. The Kier molecular flexibility index (Phi) is 4.75. The van der Waals surface area contributed by atoms with Crippen molar-refractivity contribution in [3.05, 3.63) is 107 Å². The minimum Gasteiger partial charge on any atom is -0.352 e. The Bertz CT molecular complexity index is 1430. The highest BCUT2D eigenvalue weighted by Crippen LogP contribution is 2.61. The number of hydrogen-bond donors (Lipinski definition) is 0. The van der Waals surface area contributed by atoms with Gasteiger partial charge in [0.15, 0.2) is 17.3 Å². The van der Waals surface area contributed by atoms with E-state index in [0.717, 1.165) is 5.56 Å². The summed E-state index contributed by atoms with van der Waals surface area (Å²) >= 11 is 0. The molecule has 5 heteroatoms. The second-order valence-electron chi connectivity index (χ2n) is 10.9. The molecular formula is C31H26FNO3. The Balaban J connectivity index is 1.70. The Morgan fingerprint density at radius 3 is 2.11 bits per heavy atom. The predicted octanol–water partition coefficient (Wildman–Crippen LogP) is 5.87. The van der Waals surface area contributed by atoms with E-state index in [0.29, 0.717) is 22.4 Å². The van der Waals surface area contributed by atoms with E-state index in [1.807, 2.05) is 62.1 Å². The molecule has 2 heterocycles. The first-order valence-corrected chi connectivity index (χ1v) is 12.2. The maximum absolute atomic E-state index is 14.4. The van der Waals surface area contributed by atoms with E-state index in [4.69, 9.17) is 0 Å². The number of fused-ring (bicyclic) bond motifs is 5. The van der Waals surface area contributed by atoms with Gasteiger partial charge in [0, 0.05) is 33.7 Å². The molecule has 3 aromatic carbocycles. The largest absolute Gasteiger partial charge is 0.352 e. The Hall–Kier alpha value is -3.86. The fourth-order valence-electron chi connectivity index (χ4n) is 6.42. The maximum Gasteiger partial charge on any atom is 0.180 e. The van der Waals surface area contributed by atoms with Gasteiger partial charge in [-0.15, -0.1) is 0 Å². The molecule has 1 unspecified atom stereocenters. The number of nitrogens with zero attached hydrogens (tertiary/aromatic N) is 1. The van der Waals surface area contributed by atoms with Crippen LogP contribution in [0.15, 0.2) is 78.9 Å². The zero-order valence-electron chi connectivity index (χ0n) is 20.4. The number of anilines is 1. The van der Waals surface area contributed by atoms with Gasteiger partial charge in [0.1, 0.15) is 11.2 Å². The first kappa shape index (κ1) is 22.6. The summed E-state index contributed by atoms with van der Waals surface area (Å²) < 4.78 is 14.2. The van der Waals surface area contributed by atoms with Crippen LogP contribution in [-0.4, -0.2) is 29.4 Å². The van der Waals surface area contributed by atoms with Crippen LogP contribution < -0.4 is 4.90 Å². The third-order valence-electron chi connectivity index (χ3n) is 7.93. The first-order valence-electron chi connectivity index (χ1n) is 12.2. The number of rotatable bonds is 2. The number of Topliss-reactive ketones (excluding diaryl/α,β-unsaturated/α-hetero) is 3. The molecule has 6 rings (SSSR count). The first-order chi connectivity index (χ1) is 17.2. The van der Waals surface area contributed by atoms with Crippen LogP contribution >= 0.6 is 0 Å². The van der Waals surface area contributed by atoms with E-state index < -0.39 is 28.8 Å². The third-order valence-corrected chi connectivity index (χ3v) is 7.93. The molecule has 36 heavy (non-hydrogen) atoms. The van der Waals surface area contributed by atoms with E-state index in [1.165, 1.54) is 12.1 Å². The van der Waals surface area contributed by atoms with Gasteiger partial charge in [0.05, 0.1) is 12.1 Å². The van der Waals surface area contributed by atoms with Gasteiger partial charge in [-0.2, -0.15) is 0 Å². The molecule has 2 aliphatic heterocycles. The monoisotopic (exact) mass is 479 g/mol. The van der Waals surface area contributed by atoms with Crippen LogP contribution in [0.5, 0.6) is 0 Å². The molecule has 0 amide bonds. The Morgan fingerprint density at radius 2 is 1.50 bits per heavy atom. The molecule has 3 aliphatic rings. The van der Waals surface area contributed by atoms with Crippen molar-refractivity contribution in [2.24, 2.45) is 10.8 Å². The fourth-order valence-corrected chi connectivity index (χ4v) is 6.42. The lowest BCUT2D eigenvalue weighted by molar-refractivity contribution is -0.127. The van der Waals surface area contributed by atoms with Gasteiger partial charge in [-0.25, -0.2) is 4.39 Å². The average Bonchev–Trinajstić information content (AvgIpc) is 3.29. The summed E-state index contributed by atoms with van der Waals surface area (Å²) in [6, 6.07) is 19.3. The van der Waals surface area contributed by atoms with Crippen LogP contribution in [0.2, 0.25) is 0 Å². The molecular weight excluding hydrogens is 453 g/mol. The van der Waals surface area contributed by atoms with Crippen LogP contribution in [0.25, 0.3) is 6.08 Å². The van der Waals surface area contributed by atoms with E-state index >= 15 is 0 Å². The molecule has 0 aromatic heterocycles. The van der Waals surface area contributed by atoms with Crippen molar-refractivity contribution in [3.63, 3.8) is 0 Å². The van der Waals surface area contributed by atoms with E-state index in [1.54, 1.807) is 36.4 Å². The second kappa shape index (κ2) is 7.57. The summed E-state index contributed by atoms with van der Waals surface area (Å²) in [6.45, 7) is 5.57. The minimum absolute atomic E-state index is 0.0691. The zero-order valence-corrected chi connectivity index (χ0v) is 20.4. The second-order valence-corrected chi connectivity index (χ2v) is 10.9. The van der Waals surface area contributed by atoms with Crippen molar-refractivity contribution in [2.45, 2.75) is 38.8 Å². The lowest BCUT2D eigenvalue weighted by atomic mass is 9.63. The number of carbonyl (C=O) groups excluding carboxylic acids is 3. The number of halogens is 1. The molecule has 180 valence electrons. The number of ketones is 3. The van der Waals surface area contributed by atoms with Crippen molar-refractivity contribution >= 4 is 29.1 Å². The van der Waals surface area contributed by atoms with Gasteiger partial charge in [0.25, 0.3) is 0 Å². The van der Waals surface area contributed by atoms with Crippen LogP contribution in [0, 0.1) is 16.6 Å². The van der Waals surface area contributed by atoms with Crippen LogP contribution in [0.1, 0.15) is 58.5 Å². The number of hydrogen-bond acceptors (Lipinski definition) is 4. The topological polar surface area (TPSA) is 54.5 Å². The van der Waals surface area contributed by atoms with Gasteiger partial charge in [-0.3, -0.25) is 14.4 Å². The molecule has 3 atom stereocenters. The summed E-state index contributed by atoms with van der Waals surface area (Å²) in [4.78, 5) is 45.0. The van der Waals surface area contributed by atoms with Crippen molar-refractivity contribution in [1.82, 2.24) is 0 Å². The molecule has 3 aromatic rings. The van der Waals surface area contributed by atoms with Crippen LogP contribution in [0.4, 0.5) is 10.1 Å². The van der Waals surface area contributed by atoms with Crippen molar-refractivity contribution in [2.75, 3.05) is 4.90 Å². The van der Waals surface area contributed by atoms with Crippen LogP contribution in [0.3, 0.4) is 0 Å².